The van der Waals surface area contributed by atoms with Gasteiger partial charge in [0.25, 0.3) is 0 Å². The summed E-state index contributed by atoms with van der Waals surface area (Å²) < 4.78 is 4.81. The molecule has 0 radical (unpaired) electrons. The van der Waals surface area contributed by atoms with Gasteiger partial charge in [0.05, 0.1) is 7.11 Å². The molecule has 0 saturated carbocycles. The third-order valence-corrected chi connectivity index (χ3v) is 3.06. The maximum absolute atomic E-state index is 11.8. The van der Waals surface area contributed by atoms with Crippen LogP contribution in [0.25, 0.3) is 0 Å². The van der Waals surface area contributed by atoms with E-state index in [4.69, 9.17) is 10.6 Å². The number of aryl methyl sites for hydroxylation is 1. The van der Waals surface area contributed by atoms with Crippen molar-refractivity contribution in [2.75, 3.05) is 17.9 Å². The number of hydrogen-bond donors (Lipinski definition) is 3. The molecule has 0 saturated heterocycles. The molecule has 0 fully saturated rings. The van der Waals surface area contributed by atoms with E-state index in [1.54, 1.807) is 0 Å². The molecule has 7 nitrogen and oxygen atoms in total. The van der Waals surface area contributed by atoms with E-state index in [1.807, 2.05) is 27.7 Å². The highest BCUT2D eigenvalue weighted by Crippen LogP contribution is 2.21. The van der Waals surface area contributed by atoms with Gasteiger partial charge in [-0.15, -0.1) is 0 Å². The number of esters is 1. The van der Waals surface area contributed by atoms with Gasteiger partial charge in [-0.2, -0.15) is 0 Å². The number of methoxy groups -OCH3 is 1. The molecule has 1 aromatic rings. The predicted octanol–water partition coefficient (Wildman–Crippen LogP) is 1.24. The molecule has 0 amide bonds. The molecule has 0 aromatic carbocycles. The first-order chi connectivity index (χ1) is 9.44. The number of nitrogens with one attached hydrogen (secondary N) is 2. The minimum atomic E-state index is -0.469. The Kier molecular flexibility index (Phi) is 5.69. The number of nitrogen functional groups attached to an aromatic ring is 1. The number of carbonyl (C=O) groups is 1. The Bertz CT molecular complexity index is 476. The Morgan fingerprint density at radius 2 is 1.95 bits per heavy atom. The van der Waals surface area contributed by atoms with Gasteiger partial charge in [-0.1, -0.05) is 20.8 Å². The largest absolute Gasteiger partial charge is 0.467 e. The van der Waals surface area contributed by atoms with E-state index in [2.05, 4.69) is 20.7 Å². The van der Waals surface area contributed by atoms with Gasteiger partial charge in [0.1, 0.15) is 23.5 Å². The number of carbonyl (C=O) groups excluding carboxylic acids is 1. The fourth-order valence-corrected chi connectivity index (χ4v) is 1.77. The van der Waals surface area contributed by atoms with Gasteiger partial charge in [-0.3, -0.25) is 0 Å². The van der Waals surface area contributed by atoms with Crippen molar-refractivity contribution in [3.05, 3.63) is 11.4 Å². The summed E-state index contributed by atoms with van der Waals surface area (Å²) in [6, 6.07) is -0.469. The Morgan fingerprint density at radius 3 is 2.40 bits per heavy atom. The second-order valence-electron chi connectivity index (χ2n) is 4.85. The maximum Gasteiger partial charge on any atom is 0.328 e. The van der Waals surface area contributed by atoms with E-state index in [0.717, 1.165) is 5.56 Å². The first-order valence-electron chi connectivity index (χ1n) is 6.63. The average molecular weight is 281 g/mol. The molecule has 1 atom stereocenters. The van der Waals surface area contributed by atoms with Crippen molar-refractivity contribution in [3.8, 4) is 0 Å². The Labute approximate surface area is 119 Å². The smallest absolute Gasteiger partial charge is 0.328 e. The summed E-state index contributed by atoms with van der Waals surface area (Å²) in [7, 11) is 1.37. The second kappa shape index (κ2) is 7.04. The van der Waals surface area contributed by atoms with E-state index in [9.17, 15) is 4.79 Å². The zero-order chi connectivity index (χ0) is 15.3. The van der Waals surface area contributed by atoms with Gasteiger partial charge in [0.2, 0.25) is 0 Å². The monoisotopic (exact) mass is 281 g/mol. The van der Waals surface area contributed by atoms with Crippen molar-refractivity contribution in [2.24, 2.45) is 11.8 Å². The molecule has 7 heteroatoms. The number of aromatic nitrogens is 2. The molecule has 20 heavy (non-hydrogen) atoms. The quantitative estimate of drug-likeness (QED) is 0.409. The molecule has 1 unspecified atom stereocenters. The van der Waals surface area contributed by atoms with Crippen molar-refractivity contribution in [3.63, 3.8) is 0 Å². The summed E-state index contributed by atoms with van der Waals surface area (Å²) in [4.78, 5) is 20.5. The van der Waals surface area contributed by atoms with Gasteiger partial charge < -0.3 is 15.5 Å². The van der Waals surface area contributed by atoms with Crippen LogP contribution in [0.5, 0.6) is 0 Å². The molecule has 1 aromatic heterocycles. The second-order valence-corrected chi connectivity index (χ2v) is 4.85. The fraction of sp³-hybridized carbons (Fsp3) is 0.615. The van der Waals surface area contributed by atoms with Crippen LogP contribution in [0.15, 0.2) is 0 Å². The minimum Gasteiger partial charge on any atom is -0.467 e. The van der Waals surface area contributed by atoms with Gasteiger partial charge in [-0.25, -0.2) is 20.6 Å². The van der Waals surface area contributed by atoms with E-state index < -0.39 is 6.04 Å². The number of nitrogens with zero attached hydrogens (tertiary/aromatic N) is 2. The van der Waals surface area contributed by atoms with Crippen molar-refractivity contribution in [1.29, 1.82) is 0 Å². The minimum absolute atomic E-state index is 0.0659. The van der Waals surface area contributed by atoms with Crippen molar-refractivity contribution in [2.45, 2.75) is 40.2 Å². The molecule has 0 aliphatic rings. The van der Waals surface area contributed by atoms with E-state index in [1.165, 1.54) is 7.11 Å². The van der Waals surface area contributed by atoms with Gasteiger partial charge >= 0.3 is 5.97 Å². The summed E-state index contributed by atoms with van der Waals surface area (Å²) in [6.07, 6.45) is 0.675. The number of hydrazine groups is 1. The van der Waals surface area contributed by atoms with Crippen LogP contribution < -0.4 is 16.6 Å². The Hall–Kier alpha value is -1.89. The van der Waals surface area contributed by atoms with E-state index >= 15 is 0 Å². The lowest BCUT2D eigenvalue weighted by atomic mass is 10.0. The summed E-state index contributed by atoms with van der Waals surface area (Å²) in [5, 5.41) is 3.13. The Balaban J connectivity index is 3.14. The lowest BCUT2D eigenvalue weighted by molar-refractivity contribution is -0.142. The fourth-order valence-electron chi connectivity index (χ4n) is 1.77. The van der Waals surface area contributed by atoms with Crippen LogP contribution >= 0.6 is 0 Å². The predicted molar refractivity (Wildman–Crippen MR) is 78.2 cm³/mol. The number of hydrogen-bond acceptors (Lipinski definition) is 7. The lowest BCUT2D eigenvalue weighted by Gasteiger charge is -2.22. The molecular formula is C13H23N5O2. The summed E-state index contributed by atoms with van der Waals surface area (Å²) >= 11 is 0. The molecular weight excluding hydrogens is 258 g/mol. The highest BCUT2D eigenvalue weighted by molar-refractivity contribution is 5.79. The van der Waals surface area contributed by atoms with Crippen LogP contribution in [0.1, 0.15) is 32.2 Å². The highest BCUT2D eigenvalue weighted by Gasteiger charge is 2.24. The van der Waals surface area contributed by atoms with Crippen molar-refractivity contribution < 1.29 is 9.53 Å². The molecule has 1 rings (SSSR count). The highest BCUT2D eigenvalue weighted by atomic mass is 16.5. The zero-order valence-corrected chi connectivity index (χ0v) is 12.7. The van der Waals surface area contributed by atoms with Gasteiger partial charge in [-0.05, 0) is 12.8 Å². The number of rotatable bonds is 6. The molecule has 0 spiro atoms. The maximum atomic E-state index is 11.8. The van der Waals surface area contributed by atoms with Crippen LogP contribution in [-0.2, 0) is 16.0 Å². The topological polar surface area (TPSA) is 102 Å². The molecule has 4 N–H and O–H groups in total. The average Bonchev–Trinajstić information content (AvgIpc) is 2.44. The first-order valence-corrected chi connectivity index (χ1v) is 6.63. The summed E-state index contributed by atoms with van der Waals surface area (Å²) in [5.41, 5.74) is 3.31. The first kappa shape index (κ1) is 16.2. The summed E-state index contributed by atoms with van der Waals surface area (Å²) in [5.74, 6) is 7.00. The standard InChI is InChI=1S/C13H23N5O2/c1-6-9-15-11(8(4)12(16-9)18-14)17-10(7(2)3)13(19)20-5/h7,10H,6,14H2,1-5H3,(H2,15,16,17,18). The van der Waals surface area contributed by atoms with Crippen LogP contribution in [0.4, 0.5) is 11.6 Å². The Morgan fingerprint density at radius 1 is 1.35 bits per heavy atom. The molecule has 1 heterocycles. The molecule has 0 aliphatic heterocycles. The van der Waals surface area contributed by atoms with E-state index in [0.29, 0.717) is 23.9 Å². The van der Waals surface area contributed by atoms with Gasteiger partial charge in [0, 0.05) is 12.0 Å². The van der Waals surface area contributed by atoms with Crippen LogP contribution in [0, 0.1) is 12.8 Å². The molecule has 0 aliphatic carbocycles. The van der Waals surface area contributed by atoms with E-state index in [-0.39, 0.29) is 11.9 Å². The number of nitrogens with two attached hydrogens (primary N) is 1. The van der Waals surface area contributed by atoms with Gasteiger partial charge in [0.15, 0.2) is 0 Å². The van der Waals surface area contributed by atoms with Crippen LogP contribution in [0.3, 0.4) is 0 Å². The molecule has 112 valence electrons. The number of anilines is 2. The zero-order valence-electron chi connectivity index (χ0n) is 12.7. The normalized spacial score (nSPS) is 12.2. The third kappa shape index (κ3) is 3.57. The molecule has 0 bridgehead atoms. The number of ether oxygens (including phenoxy) is 1. The summed E-state index contributed by atoms with van der Waals surface area (Å²) in [6.45, 7) is 7.67. The van der Waals surface area contributed by atoms with Crippen LogP contribution in [0.2, 0.25) is 0 Å². The van der Waals surface area contributed by atoms with Crippen molar-refractivity contribution in [1.82, 2.24) is 9.97 Å². The SMILES string of the molecule is CCc1nc(NN)c(C)c(NC(C(=O)OC)C(C)C)n1. The lowest BCUT2D eigenvalue weighted by Crippen LogP contribution is -2.36. The van der Waals surface area contributed by atoms with Crippen LogP contribution in [-0.4, -0.2) is 29.1 Å². The third-order valence-electron chi connectivity index (χ3n) is 3.06. The van der Waals surface area contributed by atoms with Crippen molar-refractivity contribution >= 4 is 17.6 Å².